The second-order valence-corrected chi connectivity index (χ2v) is 8.24. The smallest absolute Gasteiger partial charge is 0.317 e. The van der Waals surface area contributed by atoms with Crippen molar-refractivity contribution in [3.63, 3.8) is 0 Å². The van der Waals surface area contributed by atoms with Crippen molar-refractivity contribution in [2.45, 2.75) is 76.2 Å². The van der Waals surface area contributed by atoms with Gasteiger partial charge in [-0.1, -0.05) is 6.92 Å². The van der Waals surface area contributed by atoms with Gasteiger partial charge >= 0.3 is 12.0 Å². The first-order valence-corrected chi connectivity index (χ1v) is 10.8. The average Bonchev–Trinajstić information content (AvgIpc) is 2.68. The maximum Gasteiger partial charge on any atom is 0.317 e. The minimum atomic E-state index is -0.797. The van der Waals surface area contributed by atoms with E-state index in [1.165, 1.54) is 6.42 Å². The average molecular weight is 398 g/mol. The molecular weight excluding hydrogens is 362 g/mol. The predicted octanol–water partition coefficient (Wildman–Crippen LogP) is 1.68. The molecule has 2 saturated heterocycles. The fourth-order valence-electron chi connectivity index (χ4n) is 4.35. The fraction of sp³-hybridized carbons (Fsp3) is 0.900. The molecule has 0 radical (unpaired) electrons. The Hall–Kier alpha value is -1.38. The number of aliphatic carboxylic acids is 1. The van der Waals surface area contributed by atoms with Gasteiger partial charge in [0.2, 0.25) is 0 Å². The summed E-state index contributed by atoms with van der Waals surface area (Å²) in [5.74, 6) is -0.797. The van der Waals surface area contributed by atoms with Crippen molar-refractivity contribution in [3.05, 3.63) is 0 Å². The van der Waals surface area contributed by atoms with E-state index in [0.717, 1.165) is 64.8 Å². The van der Waals surface area contributed by atoms with Gasteiger partial charge in [0.25, 0.3) is 0 Å². The van der Waals surface area contributed by atoms with Gasteiger partial charge in [-0.05, 0) is 51.5 Å². The molecule has 8 heteroatoms. The Bertz CT molecular complexity index is 512. The Kier molecular flexibility index (Phi) is 7.93. The molecule has 3 aliphatic rings. The summed E-state index contributed by atoms with van der Waals surface area (Å²) in [5.41, 5.74) is 0. The maximum absolute atomic E-state index is 12.5. The summed E-state index contributed by atoms with van der Waals surface area (Å²) < 4.78 is 11.7. The summed E-state index contributed by atoms with van der Waals surface area (Å²) in [4.78, 5) is 27.2. The fourth-order valence-corrected chi connectivity index (χ4v) is 4.35. The molecule has 1 saturated carbocycles. The molecule has 3 rings (SSSR count). The number of carboxylic acids is 1. The number of carbonyl (C=O) groups excluding carboxylic acids is 1. The van der Waals surface area contributed by atoms with Crippen molar-refractivity contribution >= 4 is 12.0 Å². The monoisotopic (exact) mass is 397 g/mol. The SMILES string of the molecule is CCN(CC(=O)O)C1CC(NC(=O)N2CCC(OCC3CCCCO3)CC2)C1. The van der Waals surface area contributed by atoms with Crippen molar-refractivity contribution in [2.24, 2.45) is 0 Å². The maximum atomic E-state index is 12.5. The zero-order valence-electron chi connectivity index (χ0n) is 17.0. The normalized spacial score (nSPS) is 28.8. The number of hydrogen-bond donors (Lipinski definition) is 2. The molecular formula is C20H35N3O5. The van der Waals surface area contributed by atoms with E-state index in [1.807, 2.05) is 16.7 Å². The molecule has 8 nitrogen and oxygen atoms in total. The lowest BCUT2D eigenvalue weighted by Crippen LogP contribution is -2.57. The van der Waals surface area contributed by atoms with Crippen LogP contribution in [0.3, 0.4) is 0 Å². The van der Waals surface area contributed by atoms with Crippen LogP contribution in [-0.4, -0.2) is 90.6 Å². The highest BCUT2D eigenvalue weighted by Gasteiger charge is 2.36. The van der Waals surface area contributed by atoms with Gasteiger partial charge in [0.1, 0.15) is 0 Å². The largest absolute Gasteiger partial charge is 0.480 e. The van der Waals surface area contributed by atoms with Crippen LogP contribution in [-0.2, 0) is 14.3 Å². The Balaban J connectivity index is 1.30. The molecule has 0 spiro atoms. The number of nitrogens with zero attached hydrogens (tertiary/aromatic N) is 2. The minimum Gasteiger partial charge on any atom is -0.480 e. The van der Waals surface area contributed by atoms with Crippen LogP contribution in [0, 0.1) is 0 Å². The lowest BCUT2D eigenvalue weighted by Gasteiger charge is -2.43. The molecule has 1 atom stereocenters. The third-order valence-corrected chi connectivity index (χ3v) is 6.22. The number of hydrogen-bond acceptors (Lipinski definition) is 5. The summed E-state index contributed by atoms with van der Waals surface area (Å²) >= 11 is 0. The van der Waals surface area contributed by atoms with Crippen LogP contribution >= 0.6 is 0 Å². The molecule has 3 fully saturated rings. The number of rotatable bonds is 8. The third-order valence-electron chi connectivity index (χ3n) is 6.22. The lowest BCUT2D eigenvalue weighted by atomic mass is 9.85. The van der Waals surface area contributed by atoms with E-state index in [-0.39, 0.29) is 36.9 Å². The summed E-state index contributed by atoms with van der Waals surface area (Å²) in [6.45, 7) is 5.72. The van der Waals surface area contributed by atoms with E-state index in [2.05, 4.69) is 5.32 Å². The highest BCUT2D eigenvalue weighted by molar-refractivity contribution is 5.74. The first-order valence-electron chi connectivity index (χ1n) is 10.8. The van der Waals surface area contributed by atoms with Crippen molar-refractivity contribution in [1.82, 2.24) is 15.1 Å². The van der Waals surface area contributed by atoms with Gasteiger partial charge in [-0.25, -0.2) is 4.79 Å². The van der Waals surface area contributed by atoms with Crippen LogP contribution in [0.5, 0.6) is 0 Å². The molecule has 0 bridgehead atoms. The van der Waals surface area contributed by atoms with E-state index < -0.39 is 5.97 Å². The number of carbonyl (C=O) groups is 2. The van der Waals surface area contributed by atoms with Crippen molar-refractivity contribution < 1.29 is 24.2 Å². The molecule has 1 unspecified atom stereocenters. The molecule has 0 aromatic heterocycles. The van der Waals surface area contributed by atoms with Crippen LogP contribution in [0.25, 0.3) is 0 Å². The highest BCUT2D eigenvalue weighted by atomic mass is 16.5. The molecule has 2 heterocycles. The zero-order valence-corrected chi connectivity index (χ0v) is 17.0. The van der Waals surface area contributed by atoms with Gasteiger partial charge in [0.05, 0.1) is 25.4 Å². The van der Waals surface area contributed by atoms with Crippen LogP contribution in [0.4, 0.5) is 4.79 Å². The Morgan fingerprint density at radius 3 is 2.57 bits per heavy atom. The second kappa shape index (κ2) is 10.4. The number of urea groups is 1. The molecule has 28 heavy (non-hydrogen) atoms. The van der Waals surface area contributed by atoms with Crippen LogP contribution in [0.15, 0.2) is 0 Å². The van der Waals surface area contributed by atoms with Gasteiger partial charge in [-0.15, -0.1) is 0 Å². The standard InChI is InChI=1S/C20H35N3O5/c1-2-22(13-19(24)25)16-11-15(12-16)21-20(26)23-8-6-17(7-9-23)28-14-18-5-3-4-10-27-18/h15-18H,2-14H2,1H3,(H,21,26)(H,24,25). The zero-order chi connectivity index (χ0) is 19.9. The number of carboxylic acid groups (broad SMARTS) is 1. The first kappa shape index (κ1) is 21.3. The second-order valence-electron chi connectivity index (χ2n) is 8.24. The lowest BCUT2D eigenvalue weighted by molar-refractivity contribution is -0.139. The predicted molar refractivity (Wildman–Crippen MR) is 104 cm³/mol. The van der Waals surface area contributed by atoms with Crippen LogP contribution in [0.1, 0.15) is 51.9 Å². The Morgan fingerprint density at radius 1 is 1.21 bits per heavy atom. The number of ether oxygens (including phenoxy) is 2. The molecule has 2 aliphatic heterocycles. The van der Waals surface area contributed by atoms with E-state index in [0.29, 0.717) is 6.61 Å². The number of likely N-dealkylation sites (N-methyl/N-ethyl adjacent to an activating group) is 1. The van der Waals surface area contributed by atoms with E-state index in [4.69, 9.17) is 14.6 Å². The van der Waals surface area contributed by atoms with Crippen LogP contribution in [0.2, 0.25) is 0 Å². The van der Waals surface area contributed by atoms with Gasteiger partial charge < -0.3 is 24.8 Å². The molecule has 2 N–H and O–H groups in total. The van der Waals surface area contributed by atoms with Gasteiger partial charge in [0, 0.05) is 31.8 Å². The topological polar surface area (TPSA) is 91.3 Å². The number of likely N-dealkylation sites (tertiary alicyclic amines) is 1. The van der Waals surface area contributed by atoms with Gasteiger partial charge in [0.15, 0.2) is 0 Å². The Morgan fingerprint density at radius 2 is 1.96 bits per heavy atom. The van der Waals surface area contributed by atoms with Crippen molar-refractivity contribution in [2.75, 3.05) is 39.4 Å². The highest BCUT2D eigenvalue weighted by Crippen LogP contribution is 2.26. The summed E-state index contributed by atoms with van der Waals surface area (Å²) in [7, 11) is 0. The Labute approximate surface area is 167 Å². The summed E-state index contributed by atoms with van der Waals surface area (Å²) in [6, 6.07) is 0.407. The summed E-state index contributed by atoms with van der Waals surface area (Å²) in [6.07, 6.45) is 7.32. The van der Waals surface area contributed by atoms with Crippen molar-refractivity contribution in [1.29, 1.82) is 0 Å². The number of piperidine rings is 1. The quantitative estimate of drug-likeness (QED) is 0.648. The first-order chi connectivity index (χ1) is 13.5. The van der Waals surface area contributed by atoms with Gasteiger partial charge in [-0.2, -0.15) is 0 Å². The number of amides is 2. The third kappa shape index (κ3) is 6.06. The van der Waals surface area contributed by atoms with E-state index >= 15 is 0 Å². The van der Waals surface area contributed by atoms with E-state index in [9.17, 15) is 9.59 Å². The van der Waals surface area contributed by atoms with Gasteiger partial charge in [-0.3, -0.25) is 9.69 Å². The van der Waals surface area contributed by atoms with Crippen molar-refractivity contribution in [3.8, 4) is 0 Å². The molecule has 1 aliphatic carbocycles. The number of nitrogens with one attached hydrogen (secondary N) is 1. The molecule has 0 aromatic rings. The molecule has 160 valence electrons. The summed E-state index contributed by atoms with van der Waals surface area (Å²) in [5, 5.41) is 12.1. The molecule has 0 aromatic carbocycles. The van der Waals surface area contributed by atoms with Crippen LogP contribution < -0.4 is 5.32 Å². The molecule has 2 amide bonds. The minimum absolute atomic E-state index is 0.00111. The van der Waals surface area contributed by atoms with E-state index in [1.54, 1.807) is 0 Å².